The van der Waals surface area contributed by atoms with E-state index in [9.17, 15) is 14.2 Å². The van der Waals surface area contributed by atoms with Gasteiger partial charge in [0.15, 0.2) is 11.6 Å². The minimum absolute atomic E-state index is 0.0273. The molecule has 0 amide bonds. The Labute approximate surface area is 223 Å². The van der Waals surface area contributed by atoms with Crippen molar-refractivity contribution in [3.05, 3.63) is 108 Å². The van der Waals surface area contributed by atoms with Gasteiger partial charge in [0.2, 0.25) is 0 Å². The van der Waals surface area contributed by atoms with Gasteiger partial charge >= 0.3 is 7.60 Å². The van der Waals surface area contributed by atoms with Crippen molar-refractivity contribution < 1.29 is 23.2 Å². The molecule has 1 aliphatic rings. The van der Waals surface area contributed by atoms with Crippen LogP contribution in [0.2, 0.25) is 0 Å². The van der Waals surface area contributed by atoms with E-state index in [2.05, 4.69) is 19.2 Å². The summed E-state index contributed by atoms with van der Waals surface area (Å²) < 4.78 is 23.4. The third-order valence-corrected chi connectivity index (χ3v) is 8.79. The van der Waals surface area contributed by atoms with Gasteiger partial charge < -0.3 is 9.05 Å². The van der Waals surface area contributed by atoms with E-state index in [1.165, 1.54) is 12.2 Å². The zero-order chi connectivity index (χ0) is 26.7. The van der Waals surface area contributed by atoms with Gasteiger partial charge in [-0.1, -0.05) is 48.2 Å². The van der Waals surface area contributed by atoms with E-state index in [1.807, 2.05) is 49.4 Å². The van der Waals surface area contributed by atoms with Crippen molar-refractivity contribution in [1.82, 2.24) is 0 Å². The largest absolute Gasteiger partial charge is 0.331 e. The highest BCUT2D eigenvalue weighted by molar-refractivity contribution is 7.99. The van der Waals surface area contributed by atoms with Crippen LogP contribution < -0.4 is 0 Å². The highest BCUT2D eigenvalue weighted by Crippen LogP contribution is 2.49. The van der Waals surface area contributed by atoms with Crippen LogP contribution in [0.5, 0.6) is 0 Å². The molecule has 2 aromatic carbocycles. The fourth-order valence-electron chi connectivity index (χ4n) is 3.85. The lowest BCUT2D eigenvalue weighted by Gasteiger charge is -2.16. The van der Waals surface area contributed by atoms with Gasteiger partial charge in [0.25, 0.3) is 0 Å². The Morgan fingerprint density at radius 3 is 2.05 bits per heavy atom. The van der Waals surface area contributed by atoms with Crippen LogP contribution >= 0.6 is 19.4 Å². The molecule has 0 saturated carbocycles. The van der Waals surface area contributed by atoms with Crippen LogP contribution in [-0.2, 0) is 13.6 Å². The first-order valence-corrected chi connectivity index (χ1v) is 14.8. The summed E-state index contributed by atoms with van der Waals surface area (Å²) in [6.45, 7) is 9.35. The highest BCUT2D eigenvalue weighted by Gasteiger charge is 2.24. The smallest absolute Gasteiger partial charge is 0.304 e. The molecule has 0 heterocycles. The molecule has 0 atom stereocenters. The molecule has 0 bridgehead atoms. The zero-order valence-corrected chi connectivity index (χ0v) is 22.9. The van der Waals surface area contributed by atoms with Crippen LogP contribution in [0.4, 0.5) is 0 Å². The molecule has 2 aromatic rings. The summed E-state index contributed by atoms with van der Waals surface area (Å²) in [6.07, 6.45) is 9.61. The number of carbonyl (C=O) groups excluding carboxylic acids is 2. The van der Waals surface area contributed by atoms with Gasteiger partial charge in [0, 0.05) is 32.9 Å². The molecule has 0 radical (unpaired) electrons. The summed E-state index contributed by atoms with van der Waals surface area (Å²) in [5, 5.41) is 0. The van der Waals surface area contributed by atoms with Crippen LogP contribution in [0, 0.1) is 0 Å². The molecule has 0 fully saturated rings. The van der Waals surface area contributed by atoms with Crippen LogP contribution in [0.1, 0.15) is 53.3 Å². The maximum atomic E-state index is 12.8. The zero-order valence-electron chi connectivity index (χ0n) is 21.2. The summed E-state index contributed by atoms with van der Waals surface area (Å²) >= 11 is 1.57. The number of Topliss-reactive ketones (excluding diaryl/α,β-unsaturated/α-hetero) is 2. The SMILES string of the molecule is C=CCOP(=O)(CCCC(=O)c1ccc(Sc2ccc(C(=O)C3=C(C)C=CCC3)cc2)cc1)OCC=C. The summed E-state index contributed by atoms with van der Waals surface area (Å²) in [5.41, 5.74) is 3.23. The van der Waals surface area contributed by atoms with Gasteiger partial charge in [-0.3, -0.25) is 14.2 Å². The molecule has 0 N–H and O–H groups in total. The monoisotopic (exact) mass is 536 g/mol. The molecule has 0 saturated heterocycles. The first-order chi connectivity index (χ1) is 17.8. The van der Waals surface area contributed by atoms with Crippen molar-refractivity contribution in [2.24, 2.45) is 0 Å². The maximum Gasteiger partial charge on any atom is 0.331 e. The van der Waals surface area contributed by atoms with Gasteiger partial charge in [-0.2, -0.15) is 0 Å². The number of carbonyl (C=O) groups is 2. The lowest BCUT2D eigenvalue weighted by Crippen LogP contribution is -2.07. The molecule has 0 spiro atoms. The first kappa shape index (κ1) is 28.8. The number of rotatable bonds is 15. The quantitative estimate of drug-likeness (QED) is 0.130. The summed E-state index contributed by atoms with van der Waals surface area (Å²) in [4.78, 5) is 27.5. The predicted molar refractivity (Wildman–Crippen MR) is 151 cm³/mol. The summed E-state index contributed by atoms with van der Waals surface area (Å²) in [7, 11) is -3.29. The topological polar surface area (TPSA) is 69.7 Å². The Morgan fingerprint density at radius 1 is 0.946 bits per heavy atom. The van der Waals surface area contributed by atoms with Crippen LogP contribution in [-0.4, -0.2) is 30.9 Å². The van der Waals surface area contributed by atoms with Gasteiger partial charge in [-0.15, -0.1) is 13.2 Å². The Morgan fingerprint density at radius 2 is 1.51 bits per heavy atom. The molecule has 7 heteroatoms. The Hall–Kier alpha value is -2.76. The summed E-state index contributed by atoms with van der Waals surface area (Å²) in [6, 6.07) is 15.1. The van der Waals surface area contributed by atoms with Gasteiger partial charge in [0.05, 0.1) is 19.4 Å². The van der Waals surface area contributed by atoms with E-state index in [4.69, 9.17) is 9.05 Å². The molecule has 0 unspecified atom stereocenters. The van der Waals surface area contributed by atoms with Crippen LogP contribution in [0.15, 0.2) is 107 Å². The van der Waals surface area contributed by atoms with E-state index in [0.29, 0.717) is 17.5 Å². The van der Waals surface area contributed by atoms with Crippen molar-refractivity contribution in [2.45, 2.75) is 42.4 Å². The average molecular weight is 537 g/mol. The van der Waals surface area contributed by atoms with Crippen molar-refractivity contribution in [3.63, 3.8) is 0 Å². The molecule has 3 rings (SSSR count). The Bertz CT molecular complexity index is 1210. The second-order valence-corrected chi connectivity index (χ2v) is 11.9. The van der Waals surface area contributed by atoms with E-state index in [-0.39, 0.29) is 37.4 Å². The second kappa shape index (κ2) is 14.3. The number of allylic oxidation sites excluding steroid dienone is 4. The minimum atomic E-state index is -3.29. The summed E-state index contributed by atoms with van der Waals surface area (Å²) in [5.74, 6) is 0.0673. The van der Waals surface area contributed by atoms with E-state index < -0.39 is 7.60 Å². The standard InChI is InChI=1S/C30H33O5PS/c1-4-20-34-36(33,35-21-5-2)22-8-11-29(31)24-12-16-26(17-13-24)37-27-18-14-25(15-19-27)30(32)28-10-7-6-9-23(28)3/h4-6,9,12-19H,1-2,7-8,10-11,20-22H2,3H3. The fourth-order valence-corrected chi connectivity index (χ4v) is 6.21. The normalized spacial score (nSPS) is 13.4. The molecule has 0 aliphatic heterocycles. The Balaban J connectivity index is 1.53. The number of ketones is 2. The number of benzene rings is 2. The average Bonchev–Trinajstić information content (AvgIpc) is 2.91. The van der Waals surface area contributed by atoms with E-state index >= 15 is 0 Å². The molecule has 5 nitrogen and oxygen atoms in total. The van der Waals surface area contributed by atoms with Crippen molar-refractivity contribution in [3.8, 4) is 0 Å². The van der Waals surface area contributed by atoms with E-state index in [0.717, 1.165) is 33.8 Å². The van der Waals surface area contributed by atoms with Crippen molar-refractivity contribution in [2.75, 3.05) is 19.4 Å². The van der Waals surface area contributed by atoms with Crippen molar-refractivity contribution >= 4 is 30.9 Å². The third kappa shape index (κ3) is 8.65. The second-order valence-electron chi connectivity index (χ2n) is 8.61. The third-order valence-electron chi connectivity index (χ3n) is 5.82. The Kier molecular flexibility index (Phi) is 11.1. The van der Waals surface area contributed by atoms with E-state index in [1.54, 1.807) is 23.9 Å². The minimum Gasteiger partial charge on any atom is -0.304 e. The van der Waals surface area contributed by atoms with Crippen molar-refractivity contribution in [1.29, 1.82) is 0 Å². The molecule has 194 valence electrons. The molecule has 37 heavy (non-hydrogen) atoms. The first-order valence-electron chi connectivity index (χ1n) is 12.3. The highest BCUT2D eigenvalue weighted by atomic mass is 32.2. The molecular weight excluding hydrogens is 503 g/mol. The molecule has 1 aliphatic carbocycles. The van der Waals surface area contributed by atoms with Crippen LogP contribution in [0.25, 0.3) is 0 Å². The fraction of sp³-hybridized carbons (Fsp3) is 0.267. The molecular formula is C30H33O5PS. The van der Waals surface area contributed by atoms with Crippen LogP contribution in [0.3, 0.4) is 0 Å². The predicted octanol–water partition coefficient (Wildman–Crippen LogP) is 8.25. The lowest BCUT2D eigenvalue weighted by atomic mass is 9.92. The maximum absolute atomic E-state index is 12.8. The number of hydrogen-bond acceptors (Lipinski definition) is 6. The van der Waals surface area contributed by atoms with Gasteiger partial charge in [0.1, 0.15) is 0 Å². The lowest BCUT2D eigenvalue weighted by molar-refractivity contribution is 0.0980. The van der Waals surface area contributed by atoms with Gasteiger partial charge in [-0.05, 0) is 68.2 Å². The number of hydrogen-bond donors (Lipinski definition) is 0. The van der Waals surface area contributed by atoms with Gasteiger partial charge in [-0.25, -0.2) is 0 Å². The molecule has 0 aromatic heterocycles.